The van der Waals surface area contributed by atoms with Crippen LogP contribution in [-0.2, 0) is 16.3 Å². The molecule has 1 aromatic rings. The first kappa shape index (κ1) is 16.6. The van der Waals surface area contributed by atoms with Gasteiger partial charge in [-0.15, -0.1) is 0 Å². The van der Waals surface area contributed by atoms with Crippen LogP contribution in [0.5, 0.6) is 5.75 Å². The molecule has 2 atom stereocenters. The van der Waals surface area contributed by atoms with Gasteiger partial charge in [-0.05, 0) is 37.0 Å². The molecule has 1 aliphatic heterocycles. The number of carbonyl (C=O) groups is 1. The van der Waals surface area contributed by atoms with Crippen LogP contribution in [-0.4, -0.2) is 32.3 Å². The van der Waals surface area contributed by atoms with E-state index in [9.17, 15) is 13.2 Å². The summed E-state index contributed by atoms with van der Waals surface area (Å²) in [6.07, 6.45) is 8.94. The zero-order valence-corrected chi connectivity index (χ0v) is 14.0. The molecule has 2 aliphatic rings. The van der Waals surface area contributed by atoms with Gasteiger partial charge in [0.1, 0.15) is 11.9 Å². The molecule has 0 aromatic heterocycles. The van der Waals surface area contributed by atoms with E-state index in [4.69, 9.17) is 10.5 Å². The first-order chi connectivity index (χ1) is 11.5. The first-order valence-corrected chi connectivity index (χ1v) is 9.41. The second-order valence-electron chi connectivity index (χ2n) is 5.93. The van der Waals surface area contributed by atoms with E-state index >= 15 is 0 Å². The Morgan fingerprint density at radius 2 is 2.17 bits per heavy atom. The Balaban J connectivity index is 1.81. The van der Waals surface area contributed by atoms with Gasteiger partial charge in [0.2, 0.25) is 0 Å². The molecule has 3 rings (SSSR count). The summed E-state index contributed by atoms with van der Waals surface area (Å²) in [7, 11) is -3.45. The summed E-state index contributed by atoms with van der Waals surface area (Å²) in [4.78, 5) is 11.1. The highest BCUT2D eigenvalue weighted by Crippen LogP contribution is 2.32. The molecule has 0 radical (unpaired) electrons. The number of primary amides is 1. The molecule has 0 spiro atoms. The number of aryl methyl sites for hydroxylation is 1. The van der Waals surface area contributed by atoms with Gasteiger partial charge in [-0.2, -0.15) is 0 Å². The number of nitrogens with two attached hydrogens (primary N) is 1. The average molecular weight is 348 g/mol. The van der Waals surface area contributed by atoms with Gasteiger partial charge < -0.3 is 15.8 Å². The Kier molecular flexibility index (Phi) is 4.62. The quantitative estimate of drug-likeness (QED) is 0.865. The highest BCUT2D eigenvalue weighted by atomic mass is 32.2. The summed E-state index contributed by atoms with van der Waals surface area (Å²) in [5.41, 5.74) is 6.05. The monoisotopic (exact) mass is 348 g/mol. The van der Waals surface area contributed by atoms with Crippen molar-refractivity contribution >= 4 is 15.9 Å². The summed E-state index contributed by atoms with van der Waals surface area (Å²) < 4.78 is 31.3. The van der Waals surface area contributed by atoms with E-state index < -0.39 is 21.1 Å². The number of rotatable bonds is 4. The lowest BCUT2D eigenvalue weighted by Crippen LogP contribution is -2.39. The minimum atomic E-state index is -3.45. The SMILES string of the molecule is NC(=O)NC[C@H]1CCc2ccc(S(=O)(=O)C3C=CC=CC3)cc2O1. The van der Waals surface area contributed by atoms with Crippen LogP contribution in [0.25, 0.3) is 0 Å². The van der Waals surface area contributed by atoms with Crippen molar-refractivity contribution < 1.29 is 17.9 Å². The van der Waals surface area contributed by atoms with Crippen LogP contribution in [0.15, 0.2) is 47.4 Å². The van der Waals surface area contributed by atoms with Gasteiger partial charge in [-0.1, -0.05) is 30.4 Å². The molecule has 24 heavy (non-hydrogen) atoms. The highest BCUT2D eigenvalue weighted by Gasteiger charge is 2.28. The number of fused-ring (bicyclic) bond motifs is 1. The van der Waals surface area contributed by atoms with Crippen molar-refractivity contribution in [3.8, 4) is 5.75 Å². The number of allylic oxidation sites excluding steroid dienone is 3. The fourth-order valence-electron chi connectivity index (χ4n) is 2.90. The predicted molar refractivity (Wildman–Crippen MR) is 90.6 cm³/mol. The van der Waals surface area contributed by atoms with E-state index in [1.807, 2.05) is 18.2 Å². The molecule has 1 heterocycles. The maximum atomic E-state index is 12.8. The number of sulfone groups is 1. The summed E-state index contributed by atoms with van der Waals surface area (Å²) in [5, 5.41) is 1.98. The Labute approximate surface area is 141 Å². The van der Waals surface area contributed by atoms with Crippen LogP contribution in [0.2, 0.25) is 0 Å². The van der Waals surface area contributed by atoms with Crippen molar-refractivity contribution in [3.05, 3.63) is 48.1 Å². The zero-order chi connectivity index (χ0) is 17.2. The molecule has 1 aromatic carbocycles. The predicted octanol–water partition coefficient (Wildman–Crippen LogP) is 1.71. The number of amides is 2. The van der Waals surface area contributed by atoms with Crippen molar-refractivity contribution in [2.45, 2.75) is 35.5 Å². The molecule has 0 bridgehead atoms. The van der Waals surface area contributed by atoms with Gasteiger partial charge in [-0.25, -0.2) is 13.2 Å². The van der Waals surface area contributed by atoms with Crippen molar-refractivity contribution in [2.75, 3.05) is 6.54 Å². The van der Waals surface area contributed by atoms with Crippen LogP contribution in [0.4, 0.5) is 4.79 Å². The fraction of sp³-hybridized carbons (Fsp3) is 0.353. The molecule has 2 amide bonds. The standard InChI is InChI=1S/C17H20N2O4S/c18-17(20)19-11-13-8-6-12-7-9-15(10-16(12)23-13)24(21,22)14-4-2-1-3-5-14/h1-4,7,9-10,13-14H,5-6,8,11H2,(H3,18,19,20)/t13-,14?/m1/s1. The minimum Gasteiger partial charge on any atom is -0.488 e. The molecule has 7 heteroatoms. The summed E-state index contributed by atoms with van der Waals surface area (Å²) in [6, 6.07) is 4.44. The second kappa shape index (κ2) is 6.68. The number of urea groups is 1. The average Bonchev–Trinajstić information content (AvgIpc) is 2.60. The normalized spacial score (nSPS) is 22.5. The van der Waals surface area contributed by atoms with E-state index in [1.165, 1.54) is 0 Å². The lowest BCUT2D eigenvalue weighted by molar-refractivity contribution is 0.170. The molecular weight excluding hydrogens is 328 g/mol. The molecular formula is C17H20N2O4S. The molecule has 1 unspecified atom stereocenters. The van der Waals surface area contributed by atoms with Crippen molar-refractivity contribution in [2.24, 2.45) is 5.73 Å². The van der Waals surface area contributed by atoms with E-state index in [-0.39, 0.29) is 11.0 Å². The molecule has 0 saturated carbocycles. The van der Waals surface area contributed by atoms with Crippen molar-refractivity contribution in [1.82, 2.24) is 5.32 Å². The largest absolute Gasteiger partial charge is 0.488 e. The number of hydrogen-bond acceptors (Lipinski definition) is 4. The van der Waals surface area contributed by atoms with Gasteiger partial charge >= 0.3 is 6.03 Å². The van der Waals surface area contributed by atoms with Crippen LogP contribution in [0, 0.1) is 0 Å². The van der Waals surface area contributed by atoms with E-state index in [0.29, 0.717) is 18.7 Å². The topological polar surface area (TPSA) is 98.5 Å². The highest BCUT2D eigenvalue weighted by molar-refractivity contribution is 7.92. The third-order valence-electron chi connectivity index (χ3n) is 4.24. The van der Waals surface area contributed by atoms with E-state index in [0.717, 1.165) is 18.4 Å². The lowest BCUT2D eigenvalue weighted by Gasteiger charge is -2.27. The third-order valence-corrected chi connectivity index (χ3v) is 6.30. The van der Waals surface area contributed by atoms with E-state index in [1.54, 1.807) is 24.3 Å². The van der Waals surface area contributed by atoms with E-state index in [2.05, 4.69) is 5.32 Å². The van der Waals surface area contributed by atoms with Crippen LogP contribution in [0.1, 0.15) is 18.4 Å². The summed E-state index contributed by atoms with van der Waals surface area (Å²) >= 11 is 0. The van der Waals surface area contributed by atoms with Gasteiger partial charge in [0.05, 0.1) is 16.7 Å². The van der Waals surface area contributed by atoms with Crippen molar-refractivity contribution in [3.63, 3.8) is 0 Å². The second-order valence-corrected chi connectivity index (χ2v) is 8.09. The molecule has 128 valence electrons. The summed E-state index contributed by atoms with van der Waals surface area (Å²) in [6.45, 7) is 0.307. The zero-order valence-electron chi connectivity index (χ0n) is 13.1. The van der Waals surface area contributed by atoms with Gasteiger partial charge in [0.25, 0.3) is 0 Å². The summed E-state index contributed by atoms with van der Waals surface area (Å²) in [5.74, 6) is 0.564. The van der Waals surface area contributed by atoms with Gasteiger partial charge in [-0.3, -0.25) is 0 Å². The smallest absolute Gasteiger partial charge is 0.312 e. The lowest BCUT2D eigenvalue weighted by atomic mass is 10.0. The first-order valence-electron chi connectivity index (χ1n) is 7.87. The number of ether oxygens (including phenoxy) is 1. The Bertz CT molecular complexity index is 799. The molecule has 0 fully saturated rings. The maximum absolute atomic E-state index is 12.8. The number of hydrogen-bond donors (Lipinski definition) is 2. The Morgan fingerprint density at radius 1 is 1.33 bits per heavy atom. The van der Waals surface area contributed by atoms with Crippen molar-refractivity contribution in [1.29, 1.82) is 0 Å². The molecule has 1 aliphatic carbocycles. The third kappa shape index (κ3) is 3.46. The molecule has 0 saturated heterocycles. The molecule has 3 N–H and O–H groups in total. The van der Waals surface area contributed by atoms with Crippen LogP contribution in [0.3, 0.4) is 0 Å². The number of benzene rings is 1. The maximum Gasteiger partial charge on any atom is 0.312 e. The van der Waals surface area contributed by atoms with Gasteiger partial charge in [0, 0.05) is 0 Å². The van der Waals surface area contributed by atoms with Crippen LogP contribution >= 0.6 is 0 Å². The van der Waals surface area contributed by atoms with Gasteiger partial charge in [0.15, 0.2) is 9.84 Å². The Hall–Kier alpha value is -2.28. The Morgan fingerprint density at radius 3 is 2.88 bits per heavy atom. The molecule has 6 nitrogen and oxygen atoms in total. The fourth-order valence-corrected chi connectivity index (χ4v) is 4.44. The number of carbonyl (C=O) groups excluding carboxylic acids is 1. The number of nitrogens with one attached hydrogen (secondary N) is 1. The van der Waals surface area contributed by atoms with Crippen LogP contribution < -0.4 is 15.8 Å². The minimum absolute atomic E-state index is 0.208.